The Labute approximate surface area is 141 Å². The van der Waals surface area contributed by atoms with Gasteiger partial charge < -0.3 is 4.74 Å². The number of rotatable bonds is 3. The van der Waals surface area contributed by atoms with E-state index in [9.17, 15) is 18.0 Å². The summed E-state index contributed by atoms with van der Waals surface area (Å²) in [6, 6.07) is 8.20. The van der Waals surface area contributed by atoms with Crippen molar-refractivity contribution in [1.82, 2.24) is 0 Å². The number of methoxy groups -OCH3 is 1. The molecule has 0 amide bonds. The molecule has 1 aromatic rings. The molecule has 0 aliphatic heterocycles. The zero-order valence-electron chi connectivity index (χ0n) is 13.7. The molecule has 0 spiro atoms. The fourth-order valence-corrected chi connectivity index (χ4v) is 6.47. The molecular formula is C18H20O5S. The second kappa shape index (κ2) is 5.55. The Morgan fingerprint density at radius 1 is 1.25 bits per heavy atom. The standard InChI is InChI=1S/C18H20O5S/c1-17(16(20)23-2)11-13-10-14(19)8-9-18(13,12-17)24(21,22)15-6-4-3-5-7-15/h3-9,13H,10-12H2,1-2H3/t13-,17-,18-/m1/s1. The number of carbonyl (C=O) groups excluding carboxylic acids is 2. The summed E-state index contributed by atoms with van der Waals surface area (Å²) in [5.41, 5.74) is -0.920. The average Bonchev–Trinajstić information content (AvgIpc) is 2.89. The van der Waals surface area contributed by atoms with Crippen molar-refractivity contribution in [1.29, 1.82) is 0 Å². The Hall–Kier alpha value is -1.95. The number of benzene rings is 1. The lowest BCUT2D eigenvalue weighted by molar-refractivity contribution is -0.151. The summed E-state index contributed by atoms with van der Waals surface area (Å²) >= 11 is 0. The Balaban J connectivity index is 2.16. The second-order valence-corrected chi connectivity index (χ2v) is 9.14. The molecule has 2 aliphatic rings. The Morgan fingerprint density at radius 2 is 1.92 bits per heavy atom. The first kappa shape index (κ1) is 16.9. The van der Waals surface area contributed by atoms with Gasteiger partial charge in [-0.3, -0.25) is 9.59 Å². The van der Waals surface area contributed by atoms with Gasteiger partial charge in [0.1, 0.15) is 0 Å². The quantitative estimate of drug-likeness (QED) is 0.784. The van der Waals surface area contributed by atoms with Crippen molar-refractivity contribution in [2.75, 3.05) is 7.11 Å². The number of hydrogen-bond acceptors (Lipinski definition) is 5. The average molecular weight is 348 g/mol. The van der Waals surface area contributed by atoms with Crippen molar-refractivity contribution >= 4 is 21.6 Å². The summed E-state index contributed by atoms with van der Waals surface area (Å²) < 4.78 is 30.4. The minimum atomic E-state index is -3.74. The Kier molecular flexibility index (Phi) is 3.91. The van der Waals surface area contributed by atoms with Crippen LogP contribution >= 0.6 is 0 Å². The zero-order chi connectivity index (χ0) is 17.6. The first-order chi connectivity index (χ1) is 11.2. The maximum Gasteiger partial charge on any atom is 0.311 e. The predicted molar refractivity (Wildman–Crippen MR) is 88.0 cm³/mol. The summed E-state index contributed by atoms with van der Waals surface area (Å²) in [5, 5.41) is 0. The van der Waals surface area contributed by atoms with Crippen molar-refractivity contribution in [3.63, 3.8) is 0 Å². The van der Waals surface area contributed by atoms with Crippen molar-refractivity contribution < 1.29 is 22.7 Å². The van der Waals surface area contributed by atoms with Gasteiger partial charge in [-0.2, -0.15) is 0 Å². The number of sulfone groups is 1. The topological polar surface area (TPSA) is 77.5 Å². The maximum atomic E-state index is 13.4. The lowest BCUT2D eigenvalue weighted by Crippen LogP contribution is -2.44. The van der Waals surface area contributed by atoms with Gasteiger partial charge in [0.05, 0.1) is 22.2 Å². The number of fused-ring (bicyclic) bond motifs is 1. The van der Waals surface area contributed by atoms with Gasteiger partial charge in [-0.15, -0.1) is 0 Å². The van der Waals surface area contributed by atoms with Crippen molar-refractivity contribution in [3.8, 4) is 0 Å². The number of allylic oxidation sites excluding steroid dienone is 1. The minimum absolute atomic E-state index is 0.104. The van der Waals surface area contributed by atoms with Crippen LogP contribution in [0.3, 0.4) is 0 Å². The number of esters is 1. The molecule has 0 heterocycles. The number of ether oxygens (including phenoxy) is 1. The van der Waals surface area contributed by atoms with Crippen LogP contribution in [0.25, 0.3) is 0 Å². The molecule has 24 heavy (non-hydrogen) atoms. The molecule has 3 rings (SSSR count). The smallest absolute Gasteiger partial charge is 0.311 e. The molecule has 0 radical (unpaired) electrons. The van der Waals surface area contributed by atoms with Gasteiger partial charge in [0.15, 0.2) is 15.6 Å². The van der Waals surface area contributed by atoms with E-state index in [1.807, 2.05) is 0 Å². The molecule has 128 valence electrons. The van der Waals surface area contributed by atoms with Gasteiger partial charge >= 0.3 is 5.97 Å². The third-order valence-corrected chi connectivity index (χ3v) is 7.79. The summed E-state index contributed by atoms with van der Waals surface area (Å²) in [6.45, 7) is 1.72. The second-order valence-electron chi connectivity index (χ2n) is 6.91. The van der Waals surface area contributed by atoms with E-state index >= 15 is 0 Å². The molecule has 6 heteroatoms. The maximum absolute atomic E-state index is 13.4. The Morgan fingerprint density at radius 3 is 2.54 bits per heavy atom. The number of hydrogen-bond donors (Lipinski definition) is 0. The summed E-state index contributed by atoms with van der Waals surface area (Å²) in [7, 11) is -2.44. The lowest BCUT2D eigenvalue weighted by Gasteiger charge is -2.34. The molecule has 0 saturated heterocycles. The third kappa shape index (κ3) is 2.32. The van der Waals surface area contributed by atoms with Crippen molar-refractivity contribution in [2.24, 2.45) is 11.3 Å². The zero-order valence-corrected chi connectivity index (χ0v) is 14.5. The SMILES string of the molecule is COC(=O)[C@]1(C)C[C@H]2CC(=O)C=C[C@@]2(S(=O)(=O)c2ccccc2)C1. The molecule has 0 aromatic heterocycles. The first-order valence-electron chi connectivity index (χ1n) is 7.85. The van der Waals surface area contributed by atoms with Crippen LogP contribution in [-0.4, -0.2) is 32.0 Å². The van der Waals surface area contributed by atoms with E-state index in [0.29, 0.717) is 6.42 Å². The highest BCUT2D eigenvalue weighted by Gasteiger charge is 2.62. The summed E-state index contributed by atoms with van der Waals surface area (Å²) in [6.07, 6.45) is 3.43. The van der Waals surface area contributed by atoms with Crippen molar-refractivity contribution in [3.05, 3.63) is 42.5 Å². The van der Waals surface area contributed by atoms with E-state index < -0.39 is 31.9 Å². The monoisotopic (exact) mass is 348 g/mol. The van der Waals surface area contributed by atoms with Gasteiger partial charge in [-0.25, -0.2) is 8.42 Å². The van der Waals surface area contributed by atoms with Crippen LogP contribution in [-0.2, 0) is 24.2 Å². The summed E-state index contributed by atoms with van der Waals surface area (Å²) in [5.74, 6) is -0.960. The van der Waals surface area contributed by atoms with E-state index in [4.69, 9.17) is 4.74 Å². The third-order valence-electron chi connectivity index (χ3n) is 5.29. The van der Waals surface area contributed by atoms with E-state index in [-0.39, 0.29) is 23.5 Å². The van der Waals surface area contributed by atoms with Crippen LogP contribution in [0.5, 0.6) is 0 Å². The normalized spacial score (nSPS) is 32.4. The molecular weight excluding hydrogens is 328 g/mol. The van der Waals surface area contributed by atoms with Gasteiger partial charge in [-0.05, 0) is 43.9 Å². The van der Waals surface area contributed by atoms with Crippen LogP contribution in [0.1, 0.15) is 26.2 Å². The largest absolute Gasteiger partial charge is 0.469 e. The van der Waals surface area contributed by atoms with Gasteiger partial charge in [-0.1, -0.05) is 24.3 Å². The summed E-state index contributed by atoms with van der Waals surface area (Å²) in [4.78, 5) is 24.3. The van der Waals surface area contributed by atoms with Crippen LogP contribution in [0.4, 0.5) is 0 Å². The van der Waals surface area contributed by atoms with E-state index in [1.165, 1.54) is 19.3 Å². The highest BCUT2D eigenvalue weighted by Crippen LogP contribution is 2.57. The predicted octanol–water partition coefficient (Wildman–Crippen LogP) is 2.32. The van der Waals surface area contributed by atoms with Gasteiger partial charge in [0.2, 0.25) is 0 Å². The highest BCUT2D eigenvalue weighted by molar-refractivity contribution is 7.93. The number of carbonyl (C=O) groups is 2. The van der Waals surface area contributed by atoms with Gasteiger partial charge in [0, 0.05) is 6.42 Å². The number of ketones is 1. The van der Waals surface area contributed by atoms with Crippen LogP contribution in [0, 0.1) is 11.3 Å². The minimum Gasteiger partial charge on any atom is -0.469 e. The molecule has 1 fully saturated rings. The molecule has 3 atom stereocenters. The van der Waals surface area contributed by atoms with Crippen molar-refractivity contribution in [2.45, 2.75) is 35.8 Å². The molecule has 5 nitrogen and oxygen atoms in total. The molecule has 2 aliphatic carbocycles. The van der Waals surface area contributed by atoms with Crippen LogP contribution in [0.2, 0.25) is 0 Å². The molecule has 0 bridgehead atoms. The first-order valence-corrected chi connectivity index (χ1v) is 9.34. The molecule has 0 unspecified atom stereocenters. The Bertz CT molecular complexity index is 811. The van der Waals surface area contributed by atoms with E-state index in [0.717, 1.165) is 0 Å². The van der Waals surface area contributed by atoms with E-state index in [2.05, 4.69) is 0 Å². The van der Waals surface area contributed by atoms with Gasteiger partial charge in [0.25, 0.3) is 0 Å². The fraction of sp³-hybridized carbons (Fsp3) is 0.444. The van der Waals surface area contributed by atoms with Crippen LogP contribution < -0.4 is 0 Å². The molecule has 1 saturated carbocycles. The molecule has 1 aromatic carbocycles. The van der Waals surface area contributed by atoms with Crippen LogP contribution in [0.15, 0.2) is 47.4 Å². The fourth-order valence-electron chi connectivity index (χ4n) is 4.15. The molecule has 0 N–H and O–H groups in total. The van der Waals surface area contributed by atoms with E-state index in [1.54, 1.807) is 37.3 Å². The lowest BCUT2D eigenvalue weighted by atomic mass is 9.85. The highest BCUT2D eigenvalue weighted by atomic mass is 32.2.